The number of hydrogen-bond acceptors (Lipinski definition) is 4. The number of nitrogens with zero attached hydrogens (tertiary/aromatic N) is 3. The number of rotatable bonds is 7. The molecule has 0 unspecified atom stereocenters. The van der Waals surface area contributed by atoms with Crippen LogP contribution < -0.4 is 0 Å². The molecule has 0 N–H and O–H groups in total. The van der Waals surface area contributed by atoms with E-state index in [1.165, 1.54) is 16.6 Å². The molecule has 7 nitrogen and oxygen atoms in total. The van der Waals surface area contributed by atoms with Crippen LogP contribution in [0.25, 0.3) is 0 Å². The average Bonchev–Trinajstić information content (AvgIpc) is 2.97. The zero-order valence-corrected chi connectivity index (χ0v) is 15.5. The maximum Gasteiger partial charge on any atom is 0.270 e. The van der Waals surface area contributed by atoms with E-state index in [2.05, 4.69) is 0 Å². The second-order valence-corrected chi connectivity index (χ2v) is 8.15. The summed E-state index contributed by atoms with van der Waals surface area (Å²) < 4.78 is 33.5. The van der Waals surface area contributed by atoms with Crippen molar-refractivity contribution in [3.05, 3.63) is 18.0 Å². The lowest BCUT2D eigenvalue weighted by Crippen LogP contribution is -2.35. The number of carbonyl (C=O) groups is 1. The van der Waals surface area contributed by atoms with E-state index in [1.54, 1.807) is 30.7 Å². The van der Waals surface area contributed by atoms with Crippen molar-refractivity contribution in [2.75, 3.05) is 40.4 Å². The van der Waals surface area contributed by atoms with Crippen LogP contribution in [-0.4, -0.2) is 68.5 Å². The molecule has 1 aromatic rings. The molecule has 1 aliphatic rings. The van der Waals surface area contributed by atoms with Crippen LogP contribution in [-0.2, 0) is 21.8 Å². The Labute approximate surface area is 144 Å². The fraction of sp³-hybridized carbons (Fsp3) is 0.688. The molecule has 1 saturated heterocycles. The lowest BCUT2D eigenvalue weighted by Gasteiger charge is -2.25. The van der Waals surface area contributed by atoms with Gasteiger partial charge >= 0.3 is 0 Å². The first kappa shape index (κ1) is 19.0. The van der Waals surface area contributed by atoms with Gasteiger partial charge < -0.3 is 14.2 Å². The van der Waals surface area contributed by atoms with E-state index in [1.807, 2.05) is 0 Å². The fourth-order valence-electron chi connectivity index (χ4n) is 2.89. The van der Waals surface area contributed by atoms with Gasteiger partial charge in [0.2, 0.25) is 10.0 Å². The Morgan fingerprint density at radius 3 is 2.58 bits per heavy atom. The van der Waals surface area contributed by atoms with E-state index in [-0.39, 0.29) is 10.8 Å². The fourth-order valence-corrected chi connectivity index (χ4v) is 4.47. The number of aromatic nitrogens is 1. The van der Waals surface area contributed by atoms with Gasteiger partial charge in [0.25, 0.3) is 5.91 Å². The number of piperidine rings is 1. The molecular weight excluding hydrogens is 330 g/mol. The van der Waals surface area contributed by atoms with Crippen molar-refractivity contribution >= 4 is 15.9 Å². The summed E-state index contributed by atoms with van der Waals surface area (Å²) in [4.78, 5) is 14.3. The predicted octanol–water partition coefficient (Wildman–Crippen LogP) is 1.31. The number of hydrogen-bond donors (Lipinski definition) is 0. The summed E-state index contributed by atoms with van der Waals surface area (Å²) in [6.45, 7) is 2.25. The summed E-state index contributed by atoms with van der Waals surface area (Å²) in [7, 11) is 1.51. The van der Waals surface area contributed by atoms with Gasteiger partial charge in [-0.25, -0.2) is 8.42 Å². The molecule has 0 atom stereocenters. The number of sulfonamides is 1. The van der Waals surface area contributed by atoms with Crippen LogP contribution in [0.2, 0.25) is 0 Å². The molecule has 8 heteroatoms. The smallest absolute Gasteiger partial charge is 0.270 e. The Morgan fingerprint density at radius 2 is 1.96 bits per heavy atom. The number of amides is 1. The Morgan fingerprint density at radius 1 is 1.29 bits per heavy atom. The minimum absolute atomic E-state index is 0.186. The zero-order valence-electron chi connectivity index (χ0n) is 14.7. The number of ether oxygens (including phenoxy) is 1. The van der Waals surface area contributed by atoms with Gasteiger partial charge in [0.05, 0.1) is 0 Å². The highest BCUT2D eigenvalue weighted by molar-refractivity contribution is 7.89. The summed E-state index contributed by atoms with van der Waals surface area (Å²) >= 11 is 0. The third kappa shape index (κ3) is 4.17. The van der Waals surface area contributed by atoms with E-state index in [0.717, 1.165) is 25.7 Å². The minimum Gasteiger partial charge on any atom is -0.385 e. The van der Waals surface area contributed by atoms with Crippen LogP contribution in [0, 0.1) is 0 Å². The SMILES string of the molecule is COCCCN(C)C(=O)c1cc(S(=O)(=O)N2CCCCC2)cn1C. The van der Waals surface area contributed by atoms with Gasteiger partial charge in [0.15, 0.2) is 0 Å². The molecule has 1 fully saturated rings. The van der Waals surface area contributed by atoms with Crippen LogP contribution >= 0.6 is 0 Å². The van der Waals surface area contributed by atoms with E-state index >= 15 is 0 Å². The van der Waals surface area contributed by atoms with Crippen molar-refractivity contribution < 1.29 is 17.9 Å². The third-order valence-electron chi connectivity index (χ3n) is 4.34. The standard InChI is InChI=1S/C16H27N3O4S/c1-17(8-7-11-23-3)16(20)15-12-14(13-18(15)2)24(21,22)19-9-5-4-6-10-19/h12-13H,4-11H2,1-3H3. The van der Waals surface area contributed by atoms with E-state index in [4.69, 9.17) is 4.74 Å². The van der Waals surface area contributed by atoms with Crippen LogP contribution in [0.5, 0.6) is 0 Å². The van der Waals surface area contributed by atoms with Crippen LogP contribution in [0.3, 0.4) is 0 Å². The van der Waals surface area contributed by atoms with Crippen LogP contribution in [0.4, 0.5) is 0 Å². The molecule has 1 aliphatic heterocycles. The highest BCUT2D eigenvalue weighted by Gasteiger charge is 2.28. The monoisotopic (exact) mass is 357 g/mol. The van der Waals surface area contributed by atoms with Crippen molar-refractivity contribution in [1.29, 1.82) is 0 Å². The van der Waals surface area contributed by atoms with Gasteiger partial charge in [0.1, 0.15) is 10.6 Å². The topological polar surface area (TPSA) is 71.8 Å². The van der Waals surface area contributed by atoms with Crippen molar-refractivity contribution in [1.82, 2.24) is 13.8 Å². The second-order valence-electron chi connectivity index (χ2n) is 6.21. The van der Waals surface area contributed by atoms with Gasteiger partial charge in [-0.1, -0.05) is 6.42 Å². The highest BCUT2D eigenvalue weighted by Crippen LogP contribution is 2.22. The third-order valence-corrected chi connectivity index (χ3v) is 6.20. The van der Waals surface area contributed by atoms with Crippen molar-refractivity contribution in [2.24, 2.45) is 7.05 Å². The molecule has 24 heavy (non-hydrogen) atoms. The molecule has 0 radical (unpaired) electrons. The number of methoxy groups -OCH3 is 1. The molecule has 0 spiro atoms. The maximum atomic E-state index is 12.7. The molecule has 2 rings (SSSR count). The quantitative estimate of drug-likeness (QED) is 0.690. The van der Waals surface area contributed by atoms with Crippen LogP contribution in [0.15, 0.2) is 17.2 Å². The Kier molecular flexibility index (Phi) is 6.42. The van der Waals surface area contributed by atoms with Gasteiger partial charge in [-0.2, -0.15) is 4.31 Å². The predicted molar refractivity (Wildman–Crippen MR) is 91.5 cm³/mol. The highest BCUT2D eigenvalue weighted by atomic mass is 32.2. The summed E-state index contributed by atoms with van der Waals surface area (Å²) in [5, 5.41) is 0. The molecule has 136 valence electrons. The normalized spacial score (nSPS) is 16.3. The summed E-state index contributed by atoms with van der Waals surface area (Å²) in [5.74, 6) is -0.186. The first-order valence-electron chi connectivity index (χ1n) is 8.29. The summed E-state index contributed by atoms with van der Waals surface area (Å²) in [6.07, 6.45) is 5.11. The summed E-state index contributed by atoms with van der Waals surface area (Å²) in [6, 6.07) is 1.49. The molecule has 0 bridgehead atoms. The minimum atomic E-state index is -3.52. The zero-order chi connectivity index (χ0) is 17.7. The first-order valence-corrected chi connectivity index (χ1v) is 9.73. The maximum absolute atomic E-state index is 12.7. The molecule has 1 amide bonds. The Bertz CT molecular complexity index is 663. The molecule has 2 heterocycles. The average molecular weight is 357 g/mol. The lowest BCUT2D eigenvalue weighted by atomic mass is 10.2. The van der Waals surface area contributed by atoms with Gasteiger partial charge in [-0.05, 0) is 25.3 Å². The second kappa shape index (κ2) is 8.13. The largest absolute Gasteiger partial charge is 0.385 e. The van der Waals surface area contributed by atoms with Gasteiger partial charge in [-0.15, -0.1) is 0 Å². The molecular formula is C16H27N3O4S. The van der Waals surface area contributed by atoms with E-state index in [0.29, 0.717) is 31.9 Å². The van der Waals surface area contributed by atoms with E-state index in [9.17, 15) is 13.2 Å². The molecule has 0 aliphatic carbocycles. The number of aryl methyl sites for hydroxylation is 1. The Balaban J connectivity index is 2.15. The number of carbonyl (C=O) groups excluding carboxylic acids is 1. The van der Waals surface area contributed by atoms with Crippen LogP contribution in [0.1, 0.15) is 36.2 Å². The van der Waals surface area contributed by atoms with Gasteiger partial charge in [0, 0.05) is 53.6 Å². The lowest BCUT2D eigenvalue weighted by molar-refractivity contribution is 0.0770. The van der Waals surface area contributed by atoms with Crippen molar-refractivity contribution in [3.63, 3.8) is 0 Å². The van der Waals surface area contributed by atoms with E-state index < -0.39 is 10.0 Å². The molecule has 0 aromatic carbocycles. The van der Waals surface area contributed by atoms with Crippen molar-refractivity contribution in [2.45, 2.75) is 30.6 Å². The molecule has 0 saturated carbocycles. The Hall–Kier alpha value is -1.38. The summed E-state index contributed by atoms with van der Waals surface area (Å²) in [5.41, 5.74) is 0.380. The van der Waals surface area contributed by atoms with Gasteiger partial charge in [-0.3, -0.25) is 4.79 Å². The molecule has 1 aromatic heterocycles. The first-order chi connectivity index (χ1) is 11.4. The van der Waals surface area contributed by atoms with Crippen molar-refractivity contribution in [3.8, 4) is 0 Å².